The summed E-state index contributed by atoms with van der Waals surface area (Å²) < 4.78 is 23.0. The Hall–Kier alpha value is -4.12. The molecule has 0 aromatic heterocycles. The van der Waals surface area contributed by atoms with Crippen molar-refractivity contribution in [1.29, 1.82) is 0 Å². The largest absolute Gasteiger partial charge is 0.460 e. The molecule has 2 amide bonds. The Labute approximate surface area is 341 Å². The number of hydrogen-bond acceptors (Lipinski definition) is 9. The van der Waals surface area contributed by atoms with Crippen molar-refractivity contribution in [2.24, 2.45) is 23.7 Å². The van der Waals surface area contributed by atoms with Gasteiger partial charge in [-0.3, -0.25) is 9.59 Å². The van der Waals surface area contributed by atoms with Crippen molar-refractivity contribution < 1.29 is 38.1 Å². The number of esters is 2. The topological polar surface area (TPSA) is 124 Å². The third-order valence-electron chi connectivity index (χ3n) is 9.86. The van der Waals surface area contributed by atoms with Crippen LogP contribution < -0.4 is 5.32 Å². The molecular weight excluding hydrogens is 723 g/mol. The fraction of sp³-hybridized carbons (Fsp3) is 0.652. The zero-order valence-electron chi connectivity index (χ0n) is 36.7. The van der Waals surface area contributed by atoms with E-state index in [2.05, 4.69) is 29.6 Å². The molecule has 2 aliphatic heterocycles. The number of carbonyl (C=O) groups is 4. The van der Waals surface area contributed by atoms with Crippen LogP contribution in [-0.4, -0.2) is 82.5 Å². The molecule has 2 heterocycles. The SMILES string of the molecule is CC(C)(C)OC(=O)[C@@H](Cc1cccc(CNCc2cccc(C[C@H](C(=O)OC(C)(C)C)[C@H]3CCN(C(=O)OC(C)(C)C)C3)c2)c1)[C@H]1CCN(C(=O)OC(C)(C)C)C1. The first-order valence-corrected chi connectivity index (χ1v) is 20.6. The maximum absolute atomic E-state index is 13.6. The highest BCUT2D eigenvalue weighted by Crippen LogP contribution is 2.33. The van der Waals surface area contributed by atoms with E-state index in [1.807, 2.05) is 107 Å². The van der Waals surface area contributed by atoms with Crippen molar-refractivity contribution in [3.8, 4) is 0 Å². The van der Waals surface area contributed by atoms with E-state index >= 15 is 0 Å². The Bertz CT molecular complexity index is 1570. The molecule has 11 heteroatoms. The van der Waals surface area contributed by atoms with Crippen LogP contribution in [0.4, 0.5) is 9.59 Å². The van der Waals surface area contributed by atoms with Crippen LogP contribution in [0.2, 0.25) is 0 Å². The number of hydrogen-bond donors (Lipinski definition) is 1. The zero-order chi connectivity index (χ0) is 42.3. The molecule has 0 radical (unpaired) electrons. The lowest BCUT2D eigenvalue weighted by Crippen LogP contribution is -2.38. The van der Waals surface area contributed by atoms with Crippen LogP contribution in [-0.2, 0) is 54.5 Å². The van der Waals surface area contributed by atoms with Crippen molar-refractivity contribution in [1.82, 2.24) is 15.1 Å². The van der Waals surface area contributed by atoms with Gasteiger partial charge in [0.25, 0.3) is 0 Å². The Morgan fingerprint density at radius 2 is 0.895 bits per heavy atom. The minimum absolute atomic E-state index is 0.0473. The molecule has 0 spiro atoms. The lowest BCUT2D eigenvalue weighted by molar-refractivity contribution is -0.163. The van der Waals surface area contributed by atoms with Crippen LogP contribution in [0, 0.1) is 23.7 Å². The summed E-state index contributed by atoms with van der Waals surface area (Å²) in [6.45, 7) is 25.6. The van der Waals surface area contributed by atoms with Gasteiger partial charge in [-0.25, -0.2) is 9.59 Å². The van der Waals surface area contributed by atoms with E-state index in [1.165, 1.54) is 0 Å². The molecule has 2 aliphatic rings. The number of amides is 2. The predicted molar refractivity (Wildman–Crippen MR) is 221 cm³/mol. The summed E-state index contributed by atoms with van der Waals surface area (Å²) in [5.74, 6) is -1.40. The van der Waals surface area contributed by atoms with Gasteiger partial charge in [0.2, 0.25) is 0 Å². The number of nitrogens with one attached hydrogen (secondary N) is 1. The first-order valence-electron chi connectivity index (χ1n) is 20.6. The molecule has 2 saturated heterocycles. The van der Waals surface area contributed by atoms with Gasteiger partial charge in [0.05, 0.1) is 11.8 Å². The summed E-state index contributed by atoms with van der Waals surface area (Å²) in [5, 5.41) is 3.57. The summed E-state index contributed by atoms with van der Waals surface area (Å²) in [5.41, 5.74) is 1.82. The standard InChI is InChI=1S/C46H69N3O8/c1-43(2,3)54-39(50)37(35-19-21-48(29-35)41(52)56-45(7,8)9)25-31-15-13-17-33(23-31)27-47-28-34-18-14-16-32(24-34)26-38(40(51)55-44(4,5)6)36-20-22-49(30-36)42(53)57-46(10,11)12/h13-18,23-24,35-38,47H,19-22,25-30H2,1-12H3/t35-,36-,37-,38-/m0/s1. The maximum atomic E-state index is 13.6. The molecule has 0 unspecified atom stereocenters. The van der Waals surface area contributed by atoms with Gasteiger partial charge in [-0.15, -0.1) is 0 Å². The highest BCUT2D eigenvalue weighted by Gasteiger charge is 2.40. The van der Waals surface area contributed by atoms with Crippen LogP contribution in [0.15, 0.2) is 48.5 Å². The molecule has 2 aromatic carbocycles. The van der Waals surface area contributed by atoms with E-state index in [-0.39, 0.29) is 36.0 Å². The van der Waals surface area contributed by atoms with Gasteiger partial charge >= 0.3 is 24.1 Å². The van der Waals surface area contributed by atoms with Crippen molar-refractivity contribution in [2.75, 3.05) is 26.2 Å². The summed E-state index contributed by atoms with van der Waals surface area (Å²) >= 11 is 0. The van der Waals surface area contributed by atoms with E-state index in [0.29, 0.717) is 65.0 Å². The van der Waals surface area contributed by atoms with Crippen LogP contribution in [0.25, 0.3) is 0 Å². The van der Waals surface area contributed by atoms with Crippen molar-refractivity contribution >= 4 is 24.1 Å². The first-order chi connectivity index (χ1) is 26.3. The average Bonchev–Trinajstić information content (AvgIpc) is 3.75. The number of likely N-dealkylation sites (tertiary alicyclic amines) is 2. The summed E-state index contributed by atoms with van der Waals surface area (Å²) in [7, 11) is 0. The Kier molecular flexibility index (Phi) is 14.9. The minimum Gasteiger partial charge on any atom is -0.460 e. The van der Waals surface area contributed by atoms with E-state index in [1.54, 1.807) is 9.80 Å². The van der Waals surface area contributed by atoms with Gasteiger partial charge in [-0.1, -0.05) is 48.5 Å². The van der Waals surface area contributed by atoms with E-state index in [4.69, 9.17) is 18.9 Å². The third kappa shape index (κ3) is 15.3. The molecule has 316 valence electrons. The normalized spacial score (nSPS) is 18.9. The van der Waals surface area contributed by atoms with Crippen molar-refractivity contribution in [3.63, 3.8) is 0 Å². The van der Waals surface area contributed by atoms with Crippen LogP contribution in [0.1, 0.15) is 118 Å². The molecule has 4 rings (SSSR count). The summed E-state index contributed by atoms with van der Waals surface area (Å²) in [6, 6.07) is 16.5. The fourth-order valence-corrected chi connectivity index (χ4v) is 7.45. The third-order valence-corrected chi connectivity index (χ3v) is 9.86. The minimum atomic E-state index is -0.627. The van der Waals surface area contributed by atoms with E-state index < -0.39 is 34.2 Å². The number of benzene rings is 2. The van der Waals surface area contributed by atoms with Crippen LogP contribution >= 0.6 is 0 Å². The van der Waals surface area contributed by atoms with Gasteiger partial charge < -0.3 is 34.1 Å². The molecule has 0 saturated carbocycles. The predicted octanol–water partition coefficient (Wildman–Crippen LogP) is 8.49. The van der Waals surface area contributed by atoms with Gasteiger partial charge in [0.15, 0.2) is 0 Å². The average molecular weight is 792 g/mol. The molecule has 11 nitrogen and oxygen atoms in total. The van der Waals surface area contributed by atoms with Crippen molar-refractivity contribution in [3.05, 3.63) is 70.8 Å². The molecular formula is C46H69N3O8. The van der Waals surface area contributed by atoms with E-state index in [0.717, 1.165) is 22.3 Å². The van der Waals surface area contributed by atoms with Gasteiger partial charge in [-0.05, 0) is 143 Å². The van der Waals surface area contributed by atoms with Gasteiger partial charge in [0.1, 0.15) is 22.4 Å². The van der Waals surface area contributed by atoms with E-state index in [9.17, 15) is 19.2 Å². The zero-order valence-corrected chi connectivity index (χ0v) is 36.7. The quantitative estimate of drug-likeness (QED) is 0.167. The molecule has 4 atom stereocenters. The maximum Gasteiger partial charge on any atom is 0.410 e. The lowest BCUT2D eigenvalue weighted by atomic mass is 9.85. The molecule has 57 heavy (non-hydrogen) atoms. The van der Waals surface area contributed by atoms with Crippen LogP contribution in [0.5, 0.6) is 0 Å². The second-order valence-electron chi connectivity index (χ2n) is 19.9. The number of rotatable bonds is 12. The van der Waals surface area contributed by atoms with Crippen LogP contribution in [0.3, 0.4) is 0 Å². The van der Waals surface area contributed by atoms with Gasteiger partial charge in [-0.2, -0.15) is 0 Å². The van der Waals surface area contributed by atoms with Crippen molar-refractivity contribution in [2.45, 2.75) is 144 Å². The fourth-order valence-electron chi connectivity index (χ4n) is 7.45. The second-order valence-corrected chi connectivity index (χ2v) is 19.9. The summed E-state index contributed by atoms with van der Waals surface area (Å²) in [4.78, 5) is 56.3. The Morgan fingerprint density at radius 3 is 1.23 bits per heavy atom. The molecule has 2 fully saturated rings. The first kappa shape index (κ1) is 45.6. The lowest BCUT2D eigenvalue weighted by Gasteiger charge is -2.28. The molecule has 0 aliphatic carbocycles. The monoisotopic (exact) mass is 792 g/mol. The highest BCUT2D eigenvalue weighted by atomic mass is 16.6. The number of carbonyl (C=O) groups excluding carboxylic acids is 4. The molecule has 2 aromatic rings. The number of nitrogens with zero attached hydrogens (tertiary/aromatic N) is 2. The van der Waals surface area contributed by atoms with Gasteiger partial charge in [0, 0.05) is 39.3 Å². The molecule has 1 N–H and O–H groups in total. The Morgan fingerprint density at radius 1 is 0.561 bits per heavy atom. The number of ether oxygens (including phenoxy) is 4. The summed E-state index contributed by atoms with van der Waals surface area (Å²) in [6.07, 6.45) is 1.71. The Balaban J connectivity index is 1.40. The highest BCUT2D eigenvalue weighted by molar-refractivity contribution is 5.75. The smallest absolute Gasteiger partial charge is 0.410 e. The molecule has 0 bridgehead atoms. The second kappa shape index (κ2) is 18.6.